The number of nitrogens with two attached hydrogens (primary N) is 1. The largest absolute Gasteiger partial charge is 0.465 e. The van der Waals surface area contributed by atoms with Gasteiger partial charge in [0.15, 0.2) is 0 Å². The third kappa shape index (κ3) is 5.72. The van der Waals surface area contributed by atoms with Gasteiger partial charge < -0.3 is 20.8 Å². The van der Waals surface area contributed by atoms with Crippen molar-refractivity contribution < 1.29 is 14.3 Å². The number of rotatable bonds is 8. The molecule has 0 bridgehead atoms. The second-order valence-corrected chi connectivity index (χ2v) is 7.43. The molecule has 4 N–H and O–H groups in total. The highest BCUT2D eigenvalue weighted by atomic mass is 35.5. The van der Waals surface area contributed by atoms with E-state index < -0.39 is 11.5 Å². The standard InChI is InChI=1S/C19H29ClN4O4/c1-3-5-15(19(27)28-4-2)24-8-6-12(7-9-24)11-22-17(25)13-10-14(20)16(21)23-18(13)26/h10,12,15H,3-9,11H2,1-2H3,(H,22,25)(H3,21,23,26). The molecule has 1 fully saturated rings. The number of hydrogen-bond donors (Lipinski definition) is 3. The lowest BCUT2D eigenvalue weighted by Crippen LogP contribution is -2.47. The molecule has 9 heteroatoms. The fourth-order valence-electron chi connectivity index (χ4n) is 3.45. The molecule has 156 valence electrons. The molecule has 1 amide bonds. The highest BCUT2D eigenvalue weighted by Gasteiger charge is 2.30. The number of anilines is 1. The van der Waals surface area contributed by atoms with Crippen LogP contribution in [0.1, 0.15) is 49.9 Å². The van der Waals surface area contributed by atoms with E-state index in [1.54, 1.807) is 0 Å². The number of nitrogens with one attached hydrogen (secondary N) is 2. The van der Waals surface area contributed by atoms with Crippen molar-refractivity contribution in [1.82, 2.24) is 15.2 Å². The zero-order valence-electron chi connectivity index (χ0n) is 16.4. The molecular weight excluding hydrogens is 384 g/mol. The van der Waals surface area contributed by atoms with Gasteiger partial charge in [-0.05, 0) is 51.3 Å². The van der Waals surface area contributed by atoms with Crippen molar-refractivity contribution in [3.05, 3.63) is 27.0 Å². The first-order valence-corrected chi connectivity index (χ1v) is 10.1. The van der Waals surface area contributed by atoms with Crippen LogP contribution in [-0.4, -0.2) is 54.0 Å². The molecule has 1 aliphatic heterocycles. The monoisotopic (exact) mass is 412 g/mol. The van der Waals surface area contributed by atoms with Crippen LogP contribution in [0.25, 0.3) is 0 Å². The number of amides is 1. The quantitative estimate of drug-likeness (QED) is 0.560. The highest BCUT2D eigenvalue weighted by Crippen LogP contribution is 2.21. The van der Waals surface area contributed by atoms with E-state index in [-0.39, 0.29) is 34.3 Å². The van der Waals surface area contributed by atoms with Crippen LogP contribution < -0.4 is 16.6 Å². The second kappa shape index (κ2) is 10.5. The molecule has 1 atom stereocenters. The number of aromatic amines is 1. The van der Waals surface area contributed by atoms with Crippen molar-refractivity contribution in [1.29, 1.82) is 0 Å². The molecule has 8 nitrogen and oxygen atoms in total. The minimum absolute atomic E-state index is 0.0406. The smallest absolute Gasteiger partial charge is 0.323 e. The molecule has 1 saturated heterocycles. The Morgan fingerprint density at radius 1 is 1.39 bits per heavy atom. The number of nitrogens with zero attached hydrogens (tertiary/aromatic N) is 1. The number of aromatic nitrogens is 1. The first-order chi connectivity index (χ1) is 13.4. The van der Waals surface area contributed by atoms with Gasteiger partial charge in [-0.1, -0.05) is 24.9 Å². The second-order valence-electron chi connectivity index (χ2n) is 7.02. The molecule has 2 rings (SSSR count). The van der Waals surface area contributed by atoms with E-state index in [1.807, 2.05) is 6.92 Å². The average Bonchev–Trinajstić information content (AvgIpc) is 2.67. The van der Waals surface area contributed by atoms with Gasteiger partial charge in [-0.3, -0.25) is 19.3 Å². The Balaban J connectivity index is 1.87. The van der Waals surface area contributed by atoms with E-state index >= 15 is 0 Å². The van der Waals surface area contributed by atoms with Gasteiger partial charge in [0, 0.05) is 6.54 Å². The van der Waals surface area contributed by atoms with Crippen LogP contribution in [0.2, 0.25) is 5.02 Å². The van der Waals surface area contributed by atoms with E-state index in [2.05, 4.69) is 22.1 Å². The molecule has 0 spiro atoms. The summed E-state index contributed by atoms with van der Waals surface area (Å²) >= 11 is 5.88. The average molecular weight is 413 g/mol. The van der Waals surface area contributed by atoms with Gasteiger partial charge in [-0.2, -0.15) is 0 Å². The zero-order valence-corrected chi connectivity index (χ0v) is 17.2. The van der Waals surface area contributed by atoms with Crippen molar-refractivity contribution in [3.8, 4) is 0 Å². The molecular formula is C19H29ClN4O4. The van der Waals surface area contributed by atoms with Crippen molar-refractivity contribution >= 4 is 29.3 Å². The number of nitrogen functional groups attached to an aromatic ring is 1. The maximum atomic E-state index is 12.3. The predicted molar refractivity (Wildman–Crippen MR) is 108 cm³/mol. The number of likely N-dealkylation sites (tertiary alicyclic amines) is 1. The lowest BCUT2D eigenvalue weighted by molar-refractivity contribution is -0.150. The number of halogens is 1. The van der Waals surface area contributed by atoms with Crippen molar-refractivity contribution in [3.63, 3.8) is 0 Å². The normalized spacial score (nSPS) is 16.5. The topological polar surface area (TPSA) is 118 Å². The Kier molecular flexibility index (Phi) is 8.32. The van der Waals surface area contributed by atoms with E-state index in [0.29, 0.717) is 13.2 Å². The van der Waals surface area contributed by atoms with Gasteiger partial charge in [0.25, 0.3) is 11.5 Å². The Bertz CT molecular complexity index is 744. The first-order valence-electron chi connectivity index (χ1n) is 9.74. The highest BCUT2D eigenvalue weighted by molar-refractivity contribution is 6.33. The number of ether oxygens (including phenoxy) is 1. The minimum Gasteiger partial charge on any atom is -0.465 e. The van der Waals surface area contributed by atoms with Crippen LogP contribution in [0.3, 0.4) is 0 Å². The summed E-state index contributed by atoms with van der Waals surface area (Å²) in [4.78, 5) is 40.9. The van der Waals surface area contributed by atoms with Crippen LogP contribution in [0.5, 0.6) is 0 Å². The van der Waals surface area contributed by atoms with E-state index in [0.717, 1.165) is 38.8 Å². The third-order valence-corrected chi connectivity index (χ3v) is 5.34. The van der Waals surface area contributed by atoms with Crippen LogP contribution in [0, 0.1) is 5.92 Å². The number of esters is 1. The Morgan fingerprint density at radius 2 is 2.07 bits per heavy atom. The maximum absolute atomic E-state index is 12.3. The number of carbonyl (C=O) groups excluding carboxylic acids is 2. The number of H-pyrrole nitrogens is 1. The fourth-order valence-corrected chi connectivity index (χ4v) is 3.61. The van der Waals surface area contributed by atoms with Crippen LogP contribution >= 0.6 is 11.6 Å². The fraction of sp³-hybridized carbons (Fsp3) is 0.632. The summed E-state index contributed by atoms with van der Waals surface area (Å²) in [7, 11) is 0. The minimum atomic E-state index is -0.564. The molecule has 1 aliphatic rings. The van der Waals surface area contributed by atoms with E-state index in [4.69, 9.17) is 22.1 Å². The Hall–Kier alpha value is -2.06. The summed E-state index contributed by atoms with van der Waals surface area (Å²) in [6, 6.07) is 1.08. The summed E-state index contributed by atoms with van der Waals surface area (Å²) in [6.07, 6.45) is 3.41. The van der Waals surface area contributed by atoms with Crippen molar-refractivity contribution in [2.75, 3.05) is 32.0 Å². The lowest BCUT2D eigenvalue weighted by atomic mass is 9.94. The molecule has 0 aliphatic carbocycles. The Morgan fingerprint density at radius 3 is 2.68 bits per heavy atom. The molecule has 0 saturated carbocycles. The summed E-state index contributed by atoms with van der Waals surface area (Å²) in [5.74, 6) is -0.302. The van der Waals surface area contributed by atoms with E-state index in [9.17, 15) is 14.4 Å². The number of hydrogen-bond acceptors (Lipinski definition) is 6. The summed E-state index contributed by atoms with van der Waals surface area (Å²) in [5, 5.41) is 2.94. The van der Waals surface area contributed by atoms with Crippen molar-refractivity contribution in [2.24, 2.45) is 5.92 Å². The van der Waals surface area contributed by atoms with Gasteiger partial charge in [-0.25, -0.2) is 0 Å². The van der Waals surface area contributed by atoms with Gasteiger partial charge in [-0.15, -0.1) is 0 Å². The van der Waals surface area contributed by atoms with Crippen molar-refractivity contribution in [2.45, 2.75) is 45.6 Å². The molecule has 28 heavy (non-hydrogen) atoms. The van der Waals surface area contributed by atoms with E-state index in [1.165, 1.54) is 6.07 Å². The molecule has 0 aromatic carbocycles. The summed E-state index contributed by atoms with van der Waals surface area (Å²) < 4.78 is 5.20. The maximum Gasteiger partial charge on any atom is 0.323 e. The predicted octanol–water partition coefficient (Wildman–Crippen LogP) is 1.78. The Labute approximate surface area is 169 Å². The van der Waals surface area contributed by atoms with Gasteiger partial charge in [0.05, 0.1) is 11.6 Å². The zero-order chi connectivity index (χ0) is 20.7. The molecule has 1 aromatic rings. The summed E-state index contributed by atoms with van der Waals surface area (Å²) in [5.41, 5.74) is 4.91. The third-order valence-electron chi connectivity index (χ3n) is 5.03. The first kappa shape index (κ1) is 22.2. The number of carbonyl (C=O) groups is 2. The SMILES string of the molecule is CCCC(C(=O)OCC)N1CCC(CNC(=O)c2cc(Cl)c(N)[nH]c2=O)CC1. The van der Waals surface area contributed by atoms with Gasteiger partial charge >= 0.3 is 5.97 Å². The number of piperidine rings is 1. The molecule has 2 heterocycles. The number of pyridine rings is 1. The summed E-state index contributed by atoms with van der Waals surface area (Å²) in [6.45, 7) is 6.27. The van der Waals surface area contributed by atoms with Crippen LogP contribution in [0.15, 0.2) is 10.9 Å². The van der Waals surface area contributed by atoms with Gasteiger partial charge in [0.1, 0.15) is 17.4 Å². The molecule has 0 radical (unpaired) electrons. The lowest BCUT2D eigenvalue weighted by Gasteiger charge is -2.36. The van der Waals surface area contributed by atoms with Gasteiger partial charge in [0.2, 0.25) is 0 Å². The molecule has 1 unspecified atom stereocenters. The van der Waals surface area contributed by atoms with Crippen LogP contribution in [-0.2, 0) is 9.53 Å². The van der Waals surface area contributed by atoms with Crippen LogP contribution in [0.4, 0.5) is 5.82 Å². The molecule has 1 aromatic heterocycles.